The normalized spacial score (nSPS) is 18.0. The number of hydrogen-bond acceptors (Lipinski definition) is 4. The van der Waals surface area contributed by atoms with Crippen LogP contribution in [0.3, 0.4) is 0 Å². The largest absolute Gasteiger partial charge is 0.395 e. The van der Waals surface area contributed by atoms with Gasteiger partial charge < -0.3 is 15.2 Å². The van der Waals surface area contributed by atoms with Gasteiger partial charge in [0.1, 0.15) is 0 Å². The van der Waals surface area contributed by atoms with E-state index in [1.54, 1.807) is 7.11 Å². The molecule has 4 nitrogen and oxygen atoms in total. The Bertz CT molecular complexity index is 174. The third-order valence-electron chi connectivity index (χ3n) is 3.12. The fraction of sp³-hybridized carbons (Fsp3) is 1.00. The smallest absolute Gasteiger partial charge is 0.0589 e. The molecule has 1 unspecified atom stereocenters. The van der Waals surface area contributed by atoms with Crippen molar-refractivity contribution < 1.29 is 9.84 Å². The van der Waals surface area contributed by atoms with E-state index in [2.05, 4.69) is 17.1 Å². The van der Waals surface area contributed by atoms with Gasteiger partial charge in [-0.1, -0.05) is 6.92 Å². The van der Waals surface area contributed by atoms with E-state index in [1.165, 1.54) is 12.8 Å². The van der Waals surface area contributed by atoms with Crippen molar-refractivity contribution in [2.45, 2.75) is 38.3 Å². The summed E-state index contributed by atoms with van der Waals surface area (Å²) in [6.07, 6.45) is 3.67. The molecule has 1 atom stereocenters. The average Bonchev–Trinajstić information content (AvgIpc) is 3.11. The van der Waals surface area contributed by atoms with Gasteiger partial charge in [0, 0.05) is 32.3 Å². The molecule has 1 fully saturated rings. The minimum absolute atomic E-state index is 0.233. The van der Waals surface area contributed by atoms with Gasteiger partial charge in [0.05, 0.1) is 13.2 Å². The van der Waals surface area contributed by atoms with Gasteiger partial charge in [-0.25, -0.2) is 0 Å². The number of nitrogens with zero attached hydrogens (tertiary/aromatic N) is 1. The summed E-state index contributed by atoms with van der Waals surface area (Å²) >= 11 is 0. The maximum Gasteiger partial charge on any atom is 0.0589 e. The quantitative estimate of drug-likeness (QED) is 0.572. The van der Waals surface area contributed by atoms with E-state index < -0.39 is 0 Å². The van der Waals surface area contributed by atoms with Crippen molar-refractivity contribution in [2.75, 3.05) is 40.0 Å². The summed E-state index contributed by atoms with van der Waals surface area (Å²) in [5.74, 6) is 0. The van der Waals surface area contributed by atoms with Crippen molar-refractivity contribution >= 4 is 0 Å². The lowest BCUT2D eigenvalue weighted by atomic mass is 10.2. The fourth-order valence-corrected chi connectivity index (χ4v) is 1.99. The SMILES string of the molecule is CCNC(CO)CCN(CCOC)C1CC1. The second-order valence-corrected chi connectivity index (χ2v) is 4.49. The molecule has 1 rings (SSSR count). The van der Waals surface area contributed by atoms with Crippen molar-refractivity contribution in [2.24, 2.45) is 0 Å². The molecule has 1 aliphatic rings. The van der Waals surface area contributed by atoms with E-state index in [-0.39, 0.29) is 12.6 Å². The second-order valence-electron chi connectivity index (χ2n) is 4.49. The van der Waals surface area contributed by atoms with Crippen LogP contribution in [-0.2, 0) is 4.74 Å². The van der Waals surface area contributed by atoms with E-state index in [0.29, 0.717) is 0 Å². The van der Waals surface area contributed by atoms with Gasteiger partial charge >= 0.3 is 0 Å². The highest BCUT2D eigenvalue weighted by Crippen LogP contribution is 2.26. The van der Waals surface area contributed by atoms with Crippen LogP contribution in [0.2, 0.25) is 0 Å². The van der Waals surface area contributed by atoms with Crippen LogP contribution in [0, 0.1) is 0 Å². The molecule has 0 spiro atoms. The highest BCUT2D eigenvalue weighted by Gasteiger charge is 2.28. The van der Waals surface area contributed by atoms with Crippen LogP contribution in [0.5, 0.6) is 0 Å². The number of hydrogen-bond donors (Lipinski definition) is 2. The zero-order valence-electron chi connectivity index (χ0n) is 10.6. The van der Waals surface area contributed by atoms with Gasteiger partial charge in [-0.3, -0.25) is 4.90 Å². The van der Waals surface area contributed by atoms with E-state index >= 15 is 0 Å². The second kappa shape index (κ2) is 8.01. The lowest BCUT2D eigenvalue weighted by Gasteiger charge is -2.24. The summed E-state index contributed by atoms with van der Waals surface area (Å²) in [6.45, 7) is 6.12. The molecule has 0 radical (unpaired) electrons. The zero-order chi connectivity index (χ0) is 11.8. The molecule has 0 heterocycles. The first kappa shape index (κ1) is 13.9. The van der Waals surface area contributed by atoms with Crippen LogP contribution in [0.4, 0.5) is 0 Å². The Kier molecular flexibility index (Phi) is 6.96. The third-order valence-corrected chi connectivity index (χ3v) is 3.12. The molecule has 96 valence electrons. The fourth-order valence-electron chi connectivity index (χ4n) is 1.99. The Morgan fingerprint density at radius 3 is 2.69 bits per heavy atom. The van der Waals surface area contributed by atoms with Gasteiger partial charge in [0.25, 0.3) is 0 Å². The number of methoxy groups -OCH3 is 1. The summed E-state index contributed by atoms with van der Waals surface area (Å²) in [5.41, 5.74) is 0. The Morgan fingerprint density at radius 2 is 2.19 bits per heavy atom. The van der Waals surface area contributed by atoms with Crippen molar-refractivity contribution in [3.05, 3.63) is 0 Å². The monoisotopic (exact) mass is 230 g/mol. The lowest BCUT2D eigenvalue weighted by molar-refractivity contribution is 0.136. The van der Waals surface area contributed by atoms with Crippen LogP contribution in [-0.4, -0.2) is 62.0 Å². The van der Waals surface area contributed by atoms with Crippen LogP contribution in [0.25, 0.3) is 0 Å². The van der Waals surface area contributed by atoms with Crippen molar-refractivity contribution in [1.82, 2.24) is 10.2 Å². The number of nitrogens with one attached hydrogen (secondary N) is 1. The molecule has 0 saturated heterocycles. The predicted molar refractivity (Wildman–Crippen MR) is 65.6 cm³/mol. The summed E-state index contributed by atoms with van der Waals surface area (Å²) in [6, 6.07) is 1.02. The molecular formula is C12H26N2O2. The van der Waals surface area contributed by atoms with Crippen LogP contribution < -0.4 is 5.32 Å². The van der Waals surface area contributed by atoms with E-state index in [1.807, 2.05) is 0 Å². The molecule has 4 heteroatoms. The summed E-state index contributed by atoms with van der Waals surface area (Å²) in [4.78, 5) is 2.49. The predicted octanol–water partition coefficient (Wildman–Crippen LogP) is 0.458. The highest BCUT2D eigenvalue weighted by molar-refractivity contribution is 4.85. The Hall–Kier alpha value is -0.160. The summed E-state index contributed by atoms with van der Waals surface area (Å²) < 4.78 is 5.12. The first-order valence-electron chi connectivity index (χ1n) is 6.39. The molecule has 1 aliphatic carbocycles. The average molecular weight is 230 g/mol. The molecule has 1 saturated carbocycles. The minimum atomic E-state index is 0.233. The van der Waals surface area contributed by atoms with Crippen molar-refractivity contribution in [1.29, 1.82) is 0 Å². The third kappa shape index (κ3) is 5.25. The molecule has 2 N–H and O–H groups in total. The maximum absolute atomic E-state index is 9.19. The lowest BCUT2D eigenvalue weighted by Crippen LogP contribution is -2.38. The van der Waals surface area contributed by atoms with Crippen LogP contribution in [0.1, 0.15) is 26.2 Å². The molecule has 0 amide bonds. The van der Waals surface area contributed by atoms with Crippen LogP contribution in [0.15, 0.2) is 0 Å². The Morgan fingerprint density at radius 1 is 1.44 bits per heavy atom. The molecule has 0 aliphatic heterocycles. The number of aliphatic hydroxyl groups excluding tert-OH is 1. The molecule has 0 aromatic rings. The number of likely N-dealkylation sites (N-methyl/N-ethyl adjacent to an activating group) is 1. The number of ether oxygens (including phenoxy) is 1. The summed E-state index contributed by atoms with van der Waals surface area (Å²) in [7, 11) is 1.75. The first-order valence-corrected chi connectivity index (χ1v) is 6.39. The Labute approximate surface area is 99.0 Å². The zero-order valence-corrected chi connectivity index (χ0v) is 10.6. The first-order chi connectivity index (χ1) is 7.81. The molecule has 0 aromatic carbocycles. The van der Waals surface area contributed by atoms with Gasteiger partial charge in [-0.15, -0.1) is 0 Å². The molecular weight excluding hydrogens is 204 g/mol. The molecule has 16 heavy (non-hydrogen) atoms. The van der Waals surface area contributed by atoms with E-state index in [0.717, 1.165) is 38.7 Å². The van der Waals surface area contributed by atoms with E-state index in [4.69, 9.17) is 4.74 Å². The topological polar surface area (TPSA) is 44.7 Å². The van der Waals surface area contributed by atoms with Crippen molar-refractivity contribution in [3.8, 4) is 0 Å². The van der Waals surface area contributed by atoms with Gasteiger partial charge in [-0.2, -0.15) is 0 Å². The summed E-state index contributed by atoms with van der Waals surface area (Å²) in [5, 5.41) is 12.5. The Balaban J connectivity index is 2.19. The molecule has 0 aromatic heterocycles. The van der Waals surface area contributed by atoms with Gasteiger partial charge in [0.2, 0.25) is 0 Å². The number of rotatable bonds is 10. The van der Waals surface area contributed by atoms with Crippen molar-refractivity contribution in [3.63, 3.8) is 0 Å². The molecule has 0 bridgehead atoms. The minimum Gasteiger partial charge on any atom is -0.395 e. The maximum atomic E-state index is 9.19. The van der Waals surface area contributed by atoms with E-state index in [9.17, 15) is 5.11 Å². The van der Waals surface area contributed by atoms with Gasteiger partial charge in [0.15, 0.2) is 0 Å². The van der Waals surface area contributed by atoms with Gasteiger partial charge in [-0.05, 0) is 25.8 Å². The van der Waals surface area contributed by atoms with Crippen LogP contribution >= 0.6 is 0 Å². The number of aliphatic hydroxyl groups is 1. The standard InChI is InChI=1S/C12H26N2O2/c1-3-13-11(10-15)6-7-14(8-9-16-2)12-4-5-12/h11-13,15H,3-10H2,1-2H3. The highest BCUT2D eigenvalue weighted by atomic mass is 16.5.